The summed E-state index contributed by atoms with van der Waals surface area (Å²) in [7, 11) is 0. The predicted octanol–water partition coefficient (Wildman–Crippen LogP) is 24.1. The van der Waals surface area contributed by atoms with Gasteiger partial charge in [-0.15, -0.1) is 0 Å². The number of rotatable bonds is 5. The second-order valence-electron chi connectivity index (χ2n) is 36.0. The van der Waals surface area contributed by atoms with Gasteiger partial charge in [0.15, 0.2) is 11.2 Å². The molecule has 0 saturated heterocycles. The number of phenols is 4. The van der Waals surface area contributed by atoms with Crippen LogP contribution >= 0.6 is 0 Å². The summed E-state index contributed by atoms with van der Waals surface area (Å²) in [5.74, 6) is 1.85. The van der Waals surface area contributed by atoms with Crippen molar-refractivity contribution in [1.29, 1.82) is 0 Å². The molecule has 0 amide bonds. The molecule has 0 radical (unpaired) electrons. The van der Waals surface area contributed by atoms with Gasteiger partial charge in [0.25, 0.3) is 0 Å². The molecular weight excluding hydrogens is 1560 g/mol. The Hall–Kier alpha value is -4.52. The Labute approximate surface area is 696 Å². The number of fused-ring (bicyclic) bond motifs is 6. The summed E-state index contributed by atoms with van der Waals surface area (Å²) in [6, 6.07) is 48.1. The van der Waals surface area contributed by atoms with Crippen LogP contribution in [-0.4, -0.2) is 57.1 Å². The number of benzene rings is 8. The van der Waals surface area contributed by atoms with E-state index < -0.39 is 11.2 Å². The Morgan fingerprint density at radius 2 is 0.375 bits per heavy atom. The molecule has 10 heteroatoms. The molecule has 0 spiro atoms. The van der Waals surface area contributed by atoms with E-state index in [1.165, 1.54) is 22.3 Å². The van der Waals surface area contributed by atoms with Crippen LogP contribution < -0.4 is 0 Å². The molecule has 0 heterocycles. The predicted molar refractivity (Wildman–Crippen MR) is 435 cm³/mol. The Morgan fingerprint density at radius 1 is 0.250 bits per heavy atom. The third-order valence-electron chi connectivity index (χ3n) is 18.7. The first-order chi connectivity index (χ1) is 46.6. The van der Waals surface area contributed by atoms with Gasteiger partial charge in [-0.1, -0.05) is 334 Å². The molecule has 8 aromatic carbocycles. The second-order valence-corrected chi connectivity index (χ2v) is 36.0. The van der Waals surface area contributed by atoms with E-state index in [2.05, 4.69) is 242 Å². The molecule has 0 atom stereocenters. The summed E-state index contributed by atoms with van der Waals surface area (Å²) in [6.45, 7) is 70.9. The van der Waals surface area contributed by atoms with Crippen molar-refractivity contribution in [2.75, 3.05) is 26.4 Å². The van der Waals surface area contributed by atoms with Crippen molar-refractivity contribution < 1.29 is 121 Å². The largest absolute Gasteiger partial charge is 0.507 e. The van der Waals surface area contributed by atoms with Crippen LogP contribution in [0, 0.1) is 108 Å². The first-order valence-corrected chi connectivity index (χ1v) is 37.0. The summed E-state index contributed by atoms with van der Waals surface area (Å²) in [6.07, 6.45) is 0. The maximum absolute atomic E-state index is 12.4. The third-order valence-corrected chi connectivity index (χ3v) is 18.7. The fourth-order valence-electron chi connectivity index (χ4n) is 13.3. The first-order valence-electron chi connectivity index (χ1n) is 37.0. The Bertz CT molecular complexity index is 3420. The minimum atomic E-state index is -1.58. The molecule has 0 unspecified atom stereocenters. The van der Waals surface area contributed by atoms with Gasteiger partial charge in [-0.2, -0.15) is 0 Å². The van der Waals surface area contributed by atoms with E-state index in [1.807, 2.05) is 125 Å². The van der Waals surface area contributed by atoms with E-state index in [0.717, 1.165) is 115 Å². The molecule has 2 aliphatic rings. The van der Waals surface area contributed by atoms with Crippen LogP contribution in [0.2, 0.25) is 0 Å². The smallest absolute Gasteiger partial charge is 0.153 e. The summed E-state index contributed by atoms with van der Waals surface area (Å²) >= 11 is 0. The molecule has 8 nitrogen and oxygen atoms in total. The molecule has 0 saturated carbocycles. The Balaban J connectivity index is 0.000000435. The van der Waals surface area contributed by atoms with Crippen LogP contribution in [0.5, 0.6) is 23.0 Å². The molecule has 570 valence electrons. The van der Waals surface area contributed by atoms with Crippen LogP contribution in [0.4, 0.5) is 0 Å². The summed E-state index contributed by atoms with van der Waals surface area (Å²) in [4.78, 5) is 0. The van der Waals surface area contributed by atoms with Gasteiger partial charge in [0.05, 0.1) is 0 Å². The normalized spacial score (nSPS) is 13.3. The van der Waals surface area contributed by atoms with E-state index >= 15 is 0 Å². The molecule has 8 aromatic rings. The standard InChI is InChI=1S/C26H18O2.4C15H24O.2C4H10O.2Sm/c27-25(21-13-5-1-9-17(21)18-10-2-6-14-22(18)25)26(28)23-15-7-3-11-19(23)20-12-4-8-16-24(20)26;4*1-10-8-11(14(2,3)4)13(16)12(9-10)15(5,6)7;2*1-3-5-4-2;;/h1-16,27-28H;4*8-9,16H,1-7H3;2*3-4H2,1-2H3;;. The quantitative estimate of drug-likeness (QED) is 0.100. The summed E-state index contributed by atoms with van der Waals surface area (Å²) in [5.41, 5.74) is 16.7. The van der Waals surface area contributed by atoms with Crippen molar-refractivity contribution >= 4 is 0 Å². The number of hydrogen-bond acceptors (Lipinski definition) is 8. The second kappa shape index (κ2) is 37.7. The number of aliphatic hydroxyl groups is 2. The van der Waals surface area contributed by atoms with E-state index in [9.17, 15) is 30.6 Å². The van der Waals surface area contributed by atoms with E-state index in [0.29, 0.717) is 23.0 Å². The molecule has 0 fully saturated rings. The van der Waals surface area contributed by atoms with Gasteiger partial charge in [0.2, 0.25) is 0 Å². The first kappa shape index (κ1) is 95.6. The number of ether oxygens (including phenoxy) is 2. The van der Waals surface area contributed by atoms with E-state index in [1.54, 1.807) is 0 Å². The van der Waals surface area contributed by atoms with Crippen molar-refractivity contribution in [1.82, 2.24) is 0 Å². The maximum Gasteiger partial charge on any atom is 0.153 e. The molecule has 10 rings (SSSR count). The van der Waals surface area contributed by atoms with Crippen LogP contribution in [0.25, 0.3) is 22.3 Å². The molecule has 104 heavy (non-hydrogen) atoms. The van der Waals surface area contributed by atoms with Gasteiger partial charge in [-0.25, -0.2) is 0 Å². The van der Waals surface area contributed by atoms with Crippen LogP contribution in [-0.2, 0) is 64.0 Å². The van der Waals surface area contributed by atoms with Crippen LogP contribution in [0.1, 0.15) is 283 Å². The average Bonchev–Trinajstić information content (AvgIpc) is 1.51. The summed E-state index contributed by atoms with van der Waals surface area (Å²) in [5, 5.41) is 66.3. The molecular formula is C94H134O8Sm2. The fraction of sp³-hybridized carbons (Fsp3) is 0.489. The van der Waals surface area contributed by atoms with Gasteiger partial charge < -0.3 is 40.1 Å². The molecule has 6 N–H and O–H groups in total. The number of aryl methyl sites for hydroxylation is 4. The van der Waals surface area contributed by atoms with E-state index in [-0.39, 0.29) is 124 Å². The van der Waals surface area contributed by atoms with Gasteiger partial charge in [0.1, 0.15) is 23.0 Å². The Morgan fingerprint density at radius 3 is 0.481 bits per heavy atom. The zero-order valence-electron chi connectivity index (χ0n) is 70.0. The zero-order valence-corrected chi connectivity index (χ0v) is 75.2. The topological polar surface area (TPSA) is 140 Å². The van der Waals surface area contributed by atoms with Crippen LogP contribution in [0.15, 0.2) is 146 Å². The molecule has 0 aliphatic heterocycles. The number of aromatic hydroxyl groups is 4. The minimum absolute atomic E-state index is 0. The van der Waals surface area contributed by atoms with Crippen molar-refractivity contribution in [2.45, 2.75) is 276 Å². The van der Waals surface area contributed by atoms with Gasteiger partial charge in [-0.05, 0) is 188 Å². The minimum Gasteiger partial charge on any atom is -0.507 e. The van der Waals surface area contributed by atoms with Crippen molar-refractivity contribution in [3.05, 3.63) is 235 Å². The van der Waals surface area contributed by atoms with Crippen molar-refractivity contribution in [3.8, 4) is 45.3 Å². The molecule has 2 aliphatic carbocycles. The summed E-state index contributed by atoms with van der Waals surface area (Å²) < 4.78 is 9.67. The van der Waals surface area contributed by atoms with Gasteiger partial charge in [-0.3, -0.25) is 0 Å². The zero-order chi connectivity index (χ0) is 78.1. The van der Waals surface area contributed by atoms with Crippen molar-refractivity contribution in [3.63, 3.8) is 0 Å². The molecule has 0 bridgehead atoms. The van der Waals surface area contributed by atoms with Crippen molar-refractivity contribution in [2.24, 2.45) is 0 Å². The van der Waals surface area contributed by atoms with E-state index in [4.69, 9.17) is 9.47 Å². The number of hydrogen-bond donors (Lipinski definition) is 6. The van der Waals surface area contributed by atoms with Gasteiger partial charge >= 0.3 is 0 Å². The average molecular weight is 1690 g/mol. The number of phenolic OH excluding ortho intramolecular Hbond substituents is 4. The molecule has 0 aromatic heterocycles. The third kappa shape index (κ3) is 23.5. The van der Waals surface area contributed by atoms with Crippen LogP contribution in [0.3, 0.4) is 0 Å². The Kier molecular flexibility index (Phi) is 34.7. The fourth-order valence-corrected chi connectivity index (χ4v) is 13.3. The SMILES string of the molecule is CCOCC.CCOCC.Cc1cc(C(C)(C)C)c(O)c(C(C)(C)C)c1.Cc1cc(C(C)(C)C)c(O)c(C(C)(C)C)c1.Cc1cc(C(C)(C)C)c(O)c(C(C)(C)C)c1.Cc1cc(C(C)(C)C)c(O)c(C(C)(C)C)c1.OC1(C2(O)c3ccccc3-c3ccccc32)c2ccccc2-c2ccccc21.[Sm].[Sm]. The monoisotopic (exact) mass is 1690 g/mol. The van der Waals surface area contributed by atoms with Gasteiger partial charge in [0, 0.05) is 107 Å². The maximum atomic E-state index is 12.4.